The molecule has 18 nitrogen and oxygen atoms in total. The Bertz CT molecular complexity index is 1150. The summed E-state index contributed by atoms with van der Waals surface area (Å²) in [5.74, 6) is -7.76. The van der Waals surface area contributed by atoms with E-state index in [4.69, 9.17) is 52.1 Å². The molecule has 0 amide bonds. The smallest absolute Gasteiger partial charge is 0.303 e. The van der Waals surface area contributed by atoms with Gasteiger partial charge in [0.05, 0.1) is 6.61 Å². The zero-order valence-electron chi connectivity index (χ0n) is 27.0. The molecule has 0 aromatic rings. The Morgan fingerprint density at radius 3 is 1.43 bits per heavy atom. The molecule has 2 saturated heterocycles. The number of hydrogen-bond acceptors (Lipinski definition) is 18. The van der Waals surface area contributed by atoms with Crippen LogP contribution in [0.15, 0.2) is 0 Å². The molecule has 0 aromatic heterocycles. The molecule has 0 spiro atoms. The van der Waals surface area contributed by atoms with Crippen LogP contribution in [0.1, 0.15) is 55.4 Å². The van der Waals surface area contributed by atoms with E-state index in [9.17, 15) is 33.6 Å². The minimum absolute atomic E-state index is 0.517. The topological polar surface area (TPSA) is 221 Å². The fraction of sp³-hybridized carbons (Fsp3) is 0.750. The maximum Gasteiger partial charge on any atom is 0.303 e. The van der Waals surface area contributed by atoms with Crippen molar-refractivity contribution in [2.45, 2.75) is 116 Å². The van der Waals surface area contributed by atoms with E-state index in [1.165, 1.54) is 14.0 Å². The van der Waals surface area contributed by atoms with Crippen molar-refractivity contribution in [2.75, 3.05) is 20.3 Å². The number of carbonyl (C=O) groups excluding carboxylic acids is 7. The van der Waals surface area contributed by atoms with Crippen LogP contribution in [0.25, 0.3) is 0 Å². The van der Waals surface area contributed by atoms with Crippen LogP contribution in [-0.4, -0.2) is 123 Å². The van der Waals surface area contributed by atoms with E-state index in [1.807, 2.05) is 0 Å². The fourth-order valence-electron chi connectivity index (χ4n) is 5.00. The molecule has 0 radical (unpaired) electrons. The summed E-state index contributed by atoms with van der Waals surface area (Å²) in [6, 6.07) is 0. The molecular weight excluding hydrogens is 624 g/mol. The zero-order valence-corrected chi connectivity index (χ0v) is 27.0. The Hall–Kier alpha value is -3.87. The monoisotopic (exact) mass is 664 g/mol. The number of rotatable bonds is 12. The molecule has 260 valence electrons. The minimum atomic E-state index is -2.07. The Kier molecular flexibility index (Phi) is 13.8. The first-order chi connectivity index (χ1) is 21.4. The van der Waals surface area contributed by atoms with E-state index >= 15 is 0 Å². The van der Waals surface area contributed by atoms with E-state index < -0.39 is 116 Å². The summed E-state index contributed by atoms with van der Waals surface area (Å²) >= 11 is 0. The molecule has 0 bridgehead atoms. The average Bonchev–Trinajstić information content (AvgIpc) is 2.91. The molecule has 2 heterocycles. The van der Waals surface area contributed by atoms with Crippen LogP contribution in [0.3, 0.4) is 0 Å². The third-order valence-electron chi connectivity index (χ3n) is 6.50. The highest BCUT2D eigenvalue weighted by molar-refractivity contribution is 5.69. The van der Waals surface area contributed by atoms with Gasteiger partial charge in [0.2, 0.25) is 5.79 Å². The van der Waals surface area contributed by atoms with Gasteiger partial charge in [-0.3, -0.25) is 33.6 Å². The molecule has 18 heteroatoms. The van der Waals surface area contributed by atoms with Gasteiger partial charge in [-0.25, -0.2) is 0 Å². The van der Waals surface area contributed by atoms with E-state index in [0.29, 0.717) is 0 Å². The van der Waals surface area contributed by atoms with Gasteiger partial charge in [0.25, 0.3) is 0 Å². The van der Waals surface area contributed by atoms with Gasteiger partial charge >= 0.3 is 41.8 Å². The first-order valence-corrected chi connectivity index (χ1v) is 14.0. The molecule has 0 saturated carbocycles. The quantitative estimate of drug-likeness (QED) is 0.192. The van der Waals surface area contributed by atoms with Gasteiger partial charge in [0.1, 0.15) is 18.8 Å². The summed E-state index contributed by atoms with van der Waals surface area (Å²) in [7, 11) is 1.22. The van der Waals surface area contributed by atoms with Crippen molar-refractivity contribution >= 4 is 41.8 Å². The highest BCUT2D eigenvalue weighted by Crippen LogP contribution is 2.38. The predicted molar refractivity (Wildman–Crippen MR) is 145 cm³/mol. The summed E-state index contributed by atoms with van der Waals surface area (Å²) in [6.07, 6.45) is -12.9. The minimum Gasteiger partial charge on any atom is -0.463 e. The lowest BCUT2D eigenvalue weighted by atomic mass is 9.92. The second-order valence-corrected chi connectivity index (χ2v) is 10.5. The Balaban J connectivity index is 2.59. The highest BCUT2D eigenvalue weighted by atomic mass is 16.8. The van der Waals surface area contributed by atoms with Gasteiger partial charge < -0.3 is 52.1 Å². The maximum absolute atomic E-state index is 12.2. The van der Waals surface area contributed by atoms with Crippen molar-refractivity contribution in [1.82, 2.24) is 0 Å². The van der Waals surface area contributed by atoms with Gasteiger partial charge in [-0.2, -0.15) is 0 Å². The number of carbonyl (C=O) groups is 7. The van der Waals surface area contributed by atoms with Crippen molar-refractivity contribution in [3.63, 3.8) is 0 Å². The number of hydrogen-bond donors (Lipinski definition) is 0. The van der Waals surface area contributed by atoms with Gasteiger partial charge in [-0.1, -0.05) is 0 Å². The summed E-state index contributed by atoms with van der Waals surface area (Å²) in [6.45, 7) is 7.76. The molecule has 2 aliphatic heterocycles. The predicted octanol–water partition coefficient (Wildman–Crippen LogP) is -0.357. The van der Waals surface area contributed by atoms with Crippen LogP contribution in [0.2, 0.25) is 0 Å². The van der Waals surface area contributed by atoms with Crippen LogP contribution in [0.5, 0.6) is 0 Å². The number of ether oxygens (including phenoxy) is 11. The second-order valence-electron chi connectivity index (χ2n) is 10.5. The van der Waals surface area contributed by atoms with Crippen LogP contribution in [-0.2, 0) is 85.7 Å². The van der Waals surface area contributed by atoms with E-state index in [1.54, 1.807) is 0 Å². The first-order valence-electron chi connectivity index (χ1n) is 14.0. The molecule has 10 atom stereocenters. The van der Waals surface area contributed by atoms with Crippen molar-refractivity contribution in [2.24, 2.45) is 0 Å². The van der Waals surface area contributed by atoms with E-state index in [0.717, 1.165) is 48.5 Å². The Morgan fingerprint density at radius 1 is 0.543 bits per heavy atom. The molecule has 0 N–H and O–H groups in total. The largest absolute Gasteiger partial charge is 0.463 e. The molecule has 2 fully saturated rings. The van der Waals surface area contributed by atoms with E-state index in [2.05, 4.69) is 0 Å². The third-order valence-corrected chi connectivity index (χ3v) is 6.50. The molecule has 0 aromatic carbocycles. The van der Waals surface area contributed by atoms with Crippen molar-refractivity contribution in [3.8, 4) is 0 Å². The number of esters is 7. The average molecular weight is 665 g/mol. The summed E-state index contributed by atoms with van der Waals surface area (Å²) in [4.78, 5) is 84.2. The summed E-state index contributed by atoms with van der Waals surface area (Å²) in [5.41, 5.74) is 0. The van der Waals surface area contributed by atoms with Crippen LogP contribution in [0.4, 0.5) is 0 Å². The highest BCUT2D eigenvalue weighted by Gasteiger charge is 2.60. The summed E-state index contributed by atoms with van der Waals surface area (Å²) < 4.78 is 60.9. The Morgan fingerprint density at radius 2 is 0.978 bits per heavy atom. The number of methoxy groups -OCH3 is 1. The Labute approximate surface area is 264 Å². The zero-order chi connectivity index (χ0) is 34.9. The second kappa shape index (κ2) is 16.6. The van der Waals surface area contributed by atoms with Gasteiger partial charge in [0.15, 0.2) is 42.9 Å². The van der Waals surface area contributed by atoms with Crippen molar-refractivity contribution < 1.29 is 85.7 Å². The standard InChI is InChI=1S/C28H40O18/c1-12(29)37-10-20-22(40-14(3)31)24(42-16(5)33)26(44-18(7)35)28(8,46-20)38-11-19-21(39-13(2)30)23(41-15(4)32)25(43-17(6)34)27(36-9)45-19/h19-27H,10-11H2,1-9H3/t19-,20-,21-,22+,23+,24+,25-,26-,27+,28+/m1/s1. The van der Waals surface area contributed by atoms with Gasteiger partial charge in [0, 0.05) is 55.6 Å². The van der Waals surface area contributed by atoms with Crippen LogP contribution < -0.4 is 0 Å². The van der Waals surface area contributed by atoms with Crippen LogP contribution in [0, 0.1) is 0 Å². The molecule has 46 heavy (non-hydrogen) atoms. The molecule has 0 aliphatic carbocycles. The van der Waals surface area contributed by atoms with E-state index in [-0.39, 0.29) is 0 Å². The van der Waals surface area contributed by atoms with Gasteiger partial charge in [-0.15, -0.1) is 0 Å². The molecule has 2 rings (SSSR count). The van der Waals surface area contributed by atoms with Crippen molar-refractivity contribution in [3.05, 3.63) is 0 Å². The third kappa shape index (κ3) is 10.6. The van der Waals surface area contributed by atoms with Crippen LogP contribution >= 0.6 is 0 Å². The van der Waals surface area contributed by atoms with Gasteiger partial charge in [-0.05, 0) is 6.92 Å². The maximum atomic E-state index is 12.2. The molecule has 0 unspecified atom stereocenters. The molecule has 2 aliphatic rings. The normalized spacial score (nSPS) is 32.2. The molecular formula is C28H40O18. The first kappa shape index (κ1) is 38.3. The lowest BCUT2D eigenvalue weighted by molar-refractivity contribution is -0.371. The van der Waals surface area contributed by atoms with Crippen molar-refractivity contribution in [1.29, 1.82) is 0 Å². The lowest BCUT2D eigenvalue weighted by Crippen LogP contribution is -2.69. The fourth-order valence-corrected chi connectivity index (χ4v) is 5.00. The lowest BCUT2D eigenvalue weighted by Gasteiger charge is -2.50. The SMILES string of the molecule is CO[C@H]1O[C@H](CO[C@@]2(C)O[C@H](COC(C)=O)[C@H](OC(C)=O)[C@H](OC(C)=O)[C@H]2OC(C)=O)[C@@H](OC(C)=O)[C@H](OC(C)=O)[C@H]1OC(C)=O. The summed E-state index contributed by atoms with van der Waals surface area (Å²) in [5, 5.41) is 0.